The Balaban J connectivity index is 2.49. The molecule has 2 rings (SSSR count). The Morgan fingerprint density at radius 2 is 2.31 bits per heavy atom. The zero-order valence-electron chi connectivity index (χ0n) is 6.86. The number of rotatable bonds is 0. The van der Waals surface area contributed by atoms with E-state index in [0.717, 1.165) is 5.56 Å². The lowest BCUT2D eigenvalue weighted by atomic mass is 9.73. The van der Waals surface area contributed by atoms with Crippen LogP contribution in [0, 0.1) is 0 Å². The maximum atomic E-state index is 10.9. The predicted molar refractivity (Wildman–Crippen MR) is 48.3 cm³/mol. The largest absolute Gasteiger partial charge is 0.562 e. The number of carbonyl (C=O) groups excluding carboxylic acids is 1. The average molecular weight is 177 g/mol. The maximum Gasteiger partial charge on any atom is 0.562 e. The fraction of sp³-hybridized carbons (Fsp3) is 0.125. The lowest BCUT2D eigenvalue weighted by Gasteiger charge is -2.18. The minimum Gasteiger partial charge on any atom is -0.506 e. The normalized spacial score (nSPS) is 15.2. The van der Waals surface area contributed by atoms with Crippen molar-refractivity contribution >= 4 is 24.2 Å². The van der Waals surface area contributed by atoms with Gasteiger partial charge >= 0.3 is 7.12 Å². The summed E-state index contributed by atoms with van der Waals surface area (Å²) in [5, 5.41) is 9.34. The number of hydrogen-bond donors (Lipinski definition) is 2. The van der Waals surface area contributed by atoms with Gasteiger partial charge in [0.05, 0.1) is 6.42 Å². The molecular weight excluding hydrogens is 169 g/mol. The molecule has 0 atom stereocenters. The van der Waals surface area contributed by atoms with Gasteiger partial charge in [0.2, 0.25) is 0 Å². The molecule has 1 heterocycles. The van der Waals surface area contributed by atoms with E-state index in [1.807, 2.05) is 0 Å². The highest BCUT2D eigenvalue weighted by atomic mass is 16.6. The fourth-order valence-electron chi connectivity index (χ4n) is 1.40. The molecule has 1 aliphatic heterocycles. The molecular formula is C8H8BNO3. The number of anilines is 1. The van der Waals surface area contributed by atoms with E-state index in [-0.39, 0.29) is 6.42 Å². The number of nitrogen functional groups attached to an aromatic ring is 1. The van der Waals surface area contributed by atoms with Crippen LogP contribution in [-0.2, 0) is 15.9 Å². The Kier molecular flexibility index (Phi) is 1.74. The molecule has 3 N–H and O–H groups in total. The summed E-state index contributed by atoms with van der Waals surface area (Å²) in [5.41, 5.74) is 7.48. The molecule has 66 valence electrons. The van der Waals surface area contributed by atoms with Gasteiger partial charge in [0.1, 0.15) is 0 Å². The zero-order valence-corrected chi connectivity index (χ0v) is 6.86. The molecule has 0 radical (unpaired) electrons. The predicted octanol–water partition coefficient (Wildman–Crippen LogP) is -0.944. The second-order valence-corrected chi connectivity index (χ2v) is 2.98. The summed E-state index contributed by atoms with van der Waals surface area (Å²) in [6.07, 6.45) is 0.178. The number of benzene rings is 1. The van der Waals surface area contributed by atoms with Crippen molar-refractivity contribution in [2.45, 2.75) is 6.42 Å². The quantitative estimate of drug-likeness (QED) is 0.396. The monoisotopic (exact) mass is 177 g/mol. The van der Waals surface area contributed by atoms with Crippen molar-refractivity contribution in [2.24, 2.45) is 0 Å². The van der Waals surface area contributed by atoms with Crippen molar-refractivity contribution in [1.29, 1.82) is 0 Å². The van der Waals surface area contributed by atoms with Gasteiger partial charge in [-0.05, 0) is 17.7 Å². The number of hydrogen-bond acceptors (Lipinski definition) is 4. The average Bonchev–Trinajstić information content (AvgIpc) is 2.02. The van der Waals surface area contributed by atoms with Crippen molar-refractivity contribution in [3.63, 3.8) is 0 Å². The topological polar surface area (TPSA) is 72.6 Å². The van der Waals surface area contributed by atoms with E-state index < -0.39 is 13.1 Å². The summed E-state index contributed by atoms with van der Waals surface area (Å²) >= 11 is 0. The van der Waals surface area contributed by atoms with Crippen LogP contribution in [0.3, 0.4) is 0 Å². The summed E-state index contributed by atoms with van der Waals surface area (Å²) in [5.74, 6) is -0.425. The first-order valence-corrected chi connectivity index (χ1v) is 3.92. The van der Waals surface area contributed by atoms with Crippen LogP contribution in [-0.4, -0.2) is 18.1 Å². The smallest absolute Gasteiger partial charge is 0.506 e. The van der Waals surface area contributed by atoms with Crippen molar-refractivity contribution in [2.75, 3.05) is 5.73 Å². The molecule has 0 aliphatic carbocycles. The number of fused-ring (bicyclic) bond motifs is 1. The zero-order chi connectivity index (χ0) is 9.42. The Bertz CT molecular complexity index is 366. The van der Waals surface area contributed by atoms with Gasteiger partial charge in [-0.25, -0.2) is 0 Å². The minimum atomic E-state index is -1.14. The highest BCUT2D eigenvalue weighted by Crippen LogP contribution is 2.11. The van der Waals surface area contributed by atoms with Gasteiger partial charge in [-0.3, -0.25) is 4.79 Å². The Morgan fingerprint density at radius 3 is 3.08 bits per heavy atom. The van der Waals surface area contributed by atoms with E-state index in [2.05, 4.69) is 4.65 Å². The number of carbonyl (C=O) groups is 1. The van der Waals surface area contributed by atoms with Gasteiger partial charge in [0, 0.05) is 11.2 Å². The molecule has 0 fully saturated rings. The summed E-state index contributed by atoms with van der Waals surface area (Å²) in [7, 11) is -1.14. The highest BCUT2D eigenvalue weighted by molar-refractivity contribution is 6.63. The molecule has 0 bridgehead atoms. The van der Waals surface area contributed by atoms with Crippen LogP contribution in [0.5, 0.6) is 0 Å². The highest BCUT2D eigenvalue weighted by Gasteiger charge is 2.30. The molecule has 0 saturated heterocycles. The van der Waals surface area contributed by atoms with Crippen LogP contribution in [0.2, 0.25) is 0 Å². The molecule has 1 aromatic rings. The third-order valence-corrected chi connectivity index (χ3v) is 2.01. The van der Waals surface area contributed by atoms with Gasteiger partial charge < -0.3 is 15.4 Å². The summed E-state index contributed by atoms with van der Waals surface area (Å²) in [6, 6.07) is 5.02. The van der Waals surface area contributed by atoms with Crippen molar-refractivity contribution in [3.05, 3.63) is 23.8 Å². The first kappa shape index (κ1) is 8.13. The Hall–Kier alpha value is -1.49. The summed E-state index contributed by atoms with van der Waals surface area (Å²) in [4.78, 5) is 10.9. The molecule has 1 aromatic carbocycles. The number of nitrogens with two attached hydrogens (primary N) is 1. The first-order valence-electron chi connectivity index (χ1n) is 3.92. The molecule has 0 spiro atoms. The van der Waals surface area contributed by atoms with Crippen LogP contribution in [0.1, 0.15) is 5.56 Å². The third-order valence-electron chi connectivity index (χ3n) is 2.01. The SMILES string of the molecule is Nc1ccc2c(c1)CC(=O)OB2O. The van der Waals surface area contributed by atoms with E-state index in [4.69, 9.17) is 5.73 Å². The van der Waals surface area contributed by atoms with E-state index >= 15 is 0 Å². The van der Waals surface area contributed by atoms with E-state index in [9.17, 15) is 9.82 Å². The van der Waals surface area contributed by atoms with Crippen LogP contribution < -0.4 is 11.2 Å². The Labute approximate surface area is 75.5 Å². The van der Waals surface area contributed by atoms with Crippen molar-refractivity contribution < 1.29 is 14.5 Å². The summed E-state index contributed by atoms with van der Waals surface area (Å²) in [6.45, 7) is 0. The lowest BCUT2D eigenvalue weighted by Crippen LogP contribution is -2.43. The molecule has 4 nitrogen and oxygen atoms in total. The Morgan fingerprint density at radius 1 is 1.54 bits per heavy atom. The van der Waals surface area contributed by atoms with Gasteiger partial charge in [-0.15, -0.1) is 0 Å². The maximum absolute atomic E-state index is 10.9. The molecule has 13 heavy (non-hydrogen) atoms. The lowest BCUT2D eigenvalue weighted by molar-refractivity contribution is -0.135. The fourth-order valence-corrected chi connectivity index (χ4v) is 1.40. The second-order valence-electron chi connectivity index (χ2n) is 2.98. The molecule has 0 aromatic heterocycles. The van der Waals surface area contributed by atoms with Gasteiger partial charge in [-0.1, -0.05) is 6.07 Å². The molecule has 0 amide bonds. The van der Waals surface area contributed by atoms with Gasteiger partial charge in [-0.2, -0.15) is 0 Å². The van der Waals surface area contributed by atoms with Crippen LogP contribution >= 0.6 is 0 Å². The third kappa shape index (κ3) is 1.38. The molecule has 5 heteroatoms. The van der Waals surface area contributed by atoms with Gasteiger partial charge in [0.25, 0.3) is 5.97 Å². The van der Waals surface area contributed by atoms with Crippen LogP contribution in [0.25, 0.3) is 0 Å². The molecule has 1 aliphatic rings. The van der Waals surface area contributed by atoms with E-state index in [1.165, 1.54) is 0 Å². The van der Waals surface area contributed by atoms with Gasteiger partial charge in [0.15, 0.2) is 0 Å². The van der Waals surface area contributed by atoms with E-state index in [0.29, 0.717) is 11.2 Å². The van der Waals surface area contributed by atoms with Crippen LogP contribution in [0.15, 0.2) is 18.2 Å². The molecule has 0 saturated carbocycles. The minimum absolute atomic E-state index is 0.178. The standard InChI is InChI=1S/C8H8BNO3/c10-6-1-2-7-5(3-6)4-8(11)13-9(7)12/h1-3,12H,4,10H2. The van der Waals surface area contributed by atoms with E-state index in [1.54, 1.807) is 18.2 Å². The first-order chi connectivity index (χ1) is 6.16. The molecule has 0 unspecified atom stereocenters. The van der Waals surface area contributed by atoms with Crippen LogP contribution in [0.4, 0.5) is 5.69 Å². The summed E-state index contributed by atoms with van der Waals surface area (Å²) < 4.78 is 4.63. The van der Waals surface area contributed by atoms with Crippen molar-refractivity contribution in [3.8, 4) is 0 Å². The van der Waals surface area contributed by atoms with Crippen molar-refractivity contribution in [1.82, 2.24) is 0 Å². The second kappa shape index (κ2) is 2.78.